The Morgan fingerprint density at radius 2 is 1.58 bits per heavy atom. The Morgan fingerprint density at radius 1 is 1.08 bits per heavy atom. The lowest BCUT2D eigenvalue weighted by Crippen LogP contribution is -2.29. The topological polar surface area (TPSA) is 63.4 Å². The maximum atomic E-state index is 14.4. The van der Waals surface area contributed by atoms with Gasteiger partial charge < -0.3 is 5.21 Å². The van der Waals surface area contributed by atoms with E-state index in [0.717, 1.165) is 6.92 Å². The molecule has 0 spiro atoms. The van der Waals surface area contributed by atoms with E-state index in [1.807, 2.05) is 0 Å². The van der Waals surface area contributed by atoms with E-state index >= 15 is 0 Å². The van der Waals surface area contributed by atoms with Crippen LogP contribution in [0.1, 0.15) is 36.8 Å². The zero-order chi connectivity index (χ0) is 19.6. The van der Waals surface area contributed by atoms with Crippen LogP contribution in [0.3, 0.4) is 0 Å². The van der Waals surface area contributed by atoms with Gasteiger partial charge in [0, 0.05) is 34.5 Å². The third-order valence-electron chi connectivity index (χ3n) is 4.11. The van der Waals surface area contributed by atoms with Gasteiger partial charge >= 0.3 is 0 Å². The summed E-state index contributed by atoms with van der Waals surface area (Å²) in [6.07, 6.45) is 0. The van der Waals surface area contributed by atoms with Crippen molar-refractivity contribution in [2.24, 2.45) is 0 Å². The summed E-state index contributed by atoms with van der Waals surface area (Å²) >= 11 is 5.82. The number of ketones is 1. The minimum atomic E-state index is -1.49. The summed E-state index contributed by atoms with van der Waals surface area (Å²) in [4.78, 5) is 11.7. The lowest BCUT2D eigenvalue weighted by Gasteiger charge is -2.24. The van der Waals surface area contributed by atoms with Crippen molar-refractivity contribution in [3.63, 3.8) is 0 Å². The molecule has 0 bridgehead atoms. The molecule has 138 valence electrons. The van der Waals surface area contributed by atoms with Crippen LogP contribution in [0, 0.1) is 22.7 Å². The van der Waals surface area contributed by atoms with Gasteiger partial charge in [0.15, 0.2) is 0 Å². The maximum absolute atomic E-state index is 14.4. The van der Waals surface area contributed by atoms with Crippen LogP contribution < -0.4 is 0 Å². The molecule has 2 aromatic rings. The molecule has 0 saturated heterocycles. The Balaban J connectivity index is 2.77. The molecule has 0 aliphatic rings. The van der Waals surface area contributed by atoms with Crippen LogP contribution in [-0.4, -0.2) is 21.6 Å². The summed E-state index contributed by atoms with van der Waals surface area (Å²) in [6.45, 7) is 2.32. The minimum Gasteiger partial charge on any atom is -0.418 e. The zero-order valence-electron chi connectivity index (χ0n) is 13.8. The van der Waals surface area contributed by atoms with E-state index in [2.05, 4.69) is 0 Å². The van der Waals surface area contributed by atoms with Crippen LogP contribution in [0.2, 0.25) is 5.02 Å². The Hall–Kier alpha value is -2.54. The number of hydrogen-bond donors (Lipinski definition) is 1. The van der Waals surface area contributed by atoms with Gasteiger partial charge in [-0.25, -0.2) is 13.2 Å². The van der Waals surface area contributed by atoms with Gasteiger partial charge in [0.2, 0.25) is 5.71 Å². The Morgan fingerprint density at radius 3 is 2.00 bits per heavy atom. The van der Waals surface area contributed by atoms with E-state index in [1.54, 1.807) is 0 Å². The van der Waals surface area contributed by atoms with E-state index < -0.39 is 51.2 Å². The second kappa shape index (κ2) is 7.78. The van der Waals surface area contributed by atoms with Crippen molar-refractivity contribution in [1.82, 2.24) is 0 Å². The maximum Gasteiger partial charge on any atom is 0.227 e. The third-order valence-corrected chi connectivity index (χ3v) is 4.36. The molecule has 0 amide bonds. The SMILES string of the molecule is CC(=O)C(c1ccc(Cl)cc1)C(C(C)=[N+]([O-])O)c1c(F)cc(F)cc1F. The van der Waals surface area contributed by atoms with Crippen molar-refractivity contribution in [3.8, 4) is 0 Å². The van der Waals surface area contributed by atoms with Crippen LogP contribution in [0.4, 0.5) is 13.2 Å². The highest BCUT2D eigenvalue weighted by molar-refractivity contribution is 6.30. The van der Waals surface area contributed by atoms with Crippen molar-refractivity contribution >= 4 is 23.1 Å². The van der Waals surface area contributed by atoms with Gasteiger partial charge in [0.05, 0.1) is 11.8 Å². The number of Topliss-reactive ketones (excluding diaryl/α,β-unsaturated/α-hetero) is 1. The summed E-state index contributed by atoms with van der Waals surface area (Å²) in [5.74, 6) is -6.89. The largest absolute Gasteiger partial charge is 0.418 e. The number of nitrogens with zero attached hydrogens (tertiary/aromatic N) is 1. The van der Waals surface area contributed by atoms with Crippen molar-refractivity contribution in [2.45, 2.75) is 25.7 Å². The van der Waals surface area contributed by atoms with Crippen molar-refractivity contribution in [3.05, 3.63) is 75.2 Å². The molecule has 0 radical (unpaired) electrons. The summed E-state index contributed by atoms with van der Waals surface area (Å²) in [7, 11) is 0. The second-order valence-electron chi connectivity index (χ2n) is 5.81. The van der Waals surface area contributed by atoms with E-state index in [4.69, 9.17) is 11.6 Å². The van der Waals surface area contributed by atoms with Crippen LogP contribution >= 0.6 is 11.6 Å². The molecule has 8 heteroatoms. The molecular formula is C18H15ClF3NO3. The quantitative estimate of drug-likeness (QED) is 0.355. The lowest BCUT2D eigenvalue weighted by molar-refractivity contribution is -0.727. The van der Waals surface area contributed by atoms with Crippen molar-refractivity contribution < 1.29 is 28.1 Å². The molecule has 0 aromatic heterocycles. The van der Waals surface area contributed by atoms with Crippen LogP contribution in [0.5, 0.6) is 0 Å². The standard InChI is InChI=1S/C18H15ClF3NO3/c1-9(23(25)26)16(18-14(21)7-13(20)8-15(18)22)17(10(2)24)11-3-5-12(19)6-4-11/h3-8,16-17H,1-2H3,(H,25,26). The first-order valence-corrected chi connectivity index (χ1v) is 7.91. The van der Waals surface area contributed by atoms with Crippen molar-refractivity contribution in [2.75, 3.05) is 0 Å². The zero-order valence-corrected chi connectivity index (χ0v) is 14.6. The molecular weight excluding hydrogens is 371 g/mol. The number of carbonyl (C=O) groups is 1. The van der Waals surface area contributed by atoms with E-state index in [1.165, 1.54) is 31.2 Å². The second-order valence-corrected chi connectivity index (χ2v) is 6.25. The molecule has 0 heterocycles. The first-order valence-electron chi connectivity index (χ1n) is 7.53. The van der Waals surface area contributed by atoms with Gasteiger partial charge in [0.25, 0.3) is 0 Å². The van der Waals surface area contributed by atoms with E-state index in [0.29, 0.717) is 22.7 Å². The molecule has 2 atom stereocenters. The van der Waals surface area contributed by atoms with Gasteiger partial charge in [0.1, 0.15) is 23.2 Å². The predicted octanol–water partition coefficient (Wildman–Crippen LogP) is 4.57. The van der Waals surface area contributed by atoms with Gasteiger partial charge in [-0.1, -0.05) is 23.7 Å². The lowest BCUT2D eigenvalue weighted by atomic mass is 9.76. The summed E-state index contributed by atoms with van der Waals surface area (Å²) in [5, 5.41) is 21.1. The monoisotopic (exact) mass is 385 g/mol. The fourth-order valence-corrected chi connectivity index (χ4v) is 3.04. The summed E-state index contributed by atoms with van der Waals surface area (Å²) in [5.41, 5.74) is -0.783. The summed E-state index contributed by atoms with van der Waals surface area (Å²) < 4.78 is 42.0. The molecule has 0 fully saturated rings. The minimum absolute atomic E-state index is 0.330. The molecule has 0 aliphatic heterocycles. The molecule has 0 aliphatic carbocycles. The number of halogens is 4. The molecule has 2 rings (SSSR count). The van der Waals surface area contributed by atoms with Gasteiger partial charge in [-0.3, -0.25) is 10.0 Å². The van der Waals surface area contributed by atoms with Crippen molar-refractivity contribution in [1.29, 1.82) is 0 Å². The molecule has 2 unspecified atom stereocenters. The third kappa shape index (κ3) is 3.99. The first-order chi connectivity index (χ1) is 12.1. The van der Waals surface area contributed by atoms with E-state index in [9.17, 15) is 28.4 Å². The molecule has 1 N–H and O–H groups in total. The number of rotatable bonds is 5. The molecule has 0 saturated carbocycles. The highest BCUT2D eigenvalue weighted by Crippen LogP contribution is 2.38. The highest BCUT2D eigenvalue weighted by Gasteiger charge is 2.39. The molecule has 26 heavy (non-hydrogen) atoms. The number of carbonyl (C=O) groups excluding carboxylic acids is 1. The van der Waals surface area contributed by atoms with Gasteiger partial charge in [-0.2, -0.15) is 0 Å². The fourth-order valence-electron chi connectivity index (χ4n) is 2.92. The smallest absolute Gasteiger partial charge is 0.227 e. The Bertz CT molecular complexity index is 841. The molecule has 4 nitrogen and oxygen atoms in total. The van der Waals surface area contributed by atoms with E-state index in [-0.39, 0.29) is 0 Å². The van der Waals surface area contributed by atoms with Gasteiger partial charge in [-0.15, -0.1) is 0 Å². The Kier molecular flexibility index (Phi) is 5.92. The number of benzene rings is 2. The van der Waals surface area contributed by atoms with Gasteiger partial charge in [-0.05, 0) is 24.6 Å². The number of hydrogen-bond acceptors (Lipinski definition) is 3. The highest BCUT2D eigenvalue weighted by atomic mass is 35.5. The molecule has 2 aromatic carbocycles. The first kappa shape index (κ1) is 19.8. The Labute approximate surface area is 152 Å². The average Bonchev–Trinajstić information content (AvgIpc) is 2.53. The summed E-state index contributed by atoms with van der Waals surface area (Å²) in [6, 6.07) is 6.80. The van der Waals surface area contributed by atoms with Crippen LogP contribution in [0.25, 0.3) is 0 Å². The average molecular weight is 386 g/mol. The normalized spacial score (nSPS) is 14.5. The fraction of sp³-hybridized carbons (Fsp3) is 0.222. The van der Waals surface area contributed by atoms with Crippen LogP contribution in [-0.2, 0) is 4.79 Å². The predicted molar refractivity (Wildman–Crippen MR) is 90.0 cm³/mol. The van der Waals surface area contributed by atoms with Crippen LogP contribution in [0.15, 0.2) is 36.4 Å².